The Morgan fingerprint density at radius 3 is 1.88 bits per heavy atom. The van der Waals surface area contributed by atoms with Crippen LogP contribution in [0.2, 0.25) is 0 Å². The zero-order chi connectivity index (χ0) is 18.3. The van der Waals surface area contributed by atoms with Crippen LogP contribution in [0.3, 0.4) is 0 Å². The second kappa shape index (κ2) is 8.41. The van der Waals surface area contributed by atoms with Crippen molar-refractivity contribution in [2.75, 3.05) is 0 Å². The van der Waals surface area contributed by atoms with E-state index in [1.54, 1.807) is 43.3 Å². The molecule has 2 N–H and O–H groups in total. The Bertz CT molecular complexity index is 696. The van der Waals surface area contributed by atoms with Crippen molar-refractivity contribution in [3.8, 4) is 0 Å². The summed E-state index contributed by atoms with van der Waals surface area (Å²) in [5.41, 5.74) is 0.411. The van der Waals surface area contributed by atoms with Gasteiger partial charge in [0, 0.05) is 0 Å². The second-order valence-corrected chi connectivity index (χ2v) is 5.46. The van der Waals surface area contributed by atoms with Gasteiger partial charge in [-0.15, -0.1) is 0 Å². The molecule has 0 aromatic heterocycles. The standard InChI is InChI=1S/C19H20O6/c1-2-9-16(24-17(20)14-10-5-3-6-11-14)19(22,23)25-18(21)15-12-7-4-8-13-15/h3-8,10-13,16,22-23H,2,9H2,1H3. The average molecular weight is 344 g/mol. The highest BCUT2D eigenvalue weighted by molar-refractivity contribution is 5.90. The molecule has 0 aliphatic heterocycles. The van der Waals surface area contributed by atoms with Crippen LogP contribution in [-0.2, 0) is 9.47 Å². The summed E-state index contributed by atoms with van der Waals surface area (Å²) in [6, 6.07) is 16.0. The monoisotopic (exact) mass is 344 g/mol. The Morgan fingerprint density at radius 2 is 1.40 bits per heavy atom. The summed E-state index contributed by atoms with van der Waals surface area (Å²) in [6.07, 6.45) is -0.829. The fourth-order valence-corrected chi connectivity index (χ4v) is 2.19. The Morgan fingerprint density at radius 1 is 0.920 bits per heavy atom. The van der Waals surface area contributed by atoms with Crippen LogP contribution in [0.5, 0.6) is 0 Å². The minimum Gasteiger partial charge on any atom is -0.449 e. The largest absolute Gasteiger partial charge is 0.449 e. The van der Waals surface area contributed by atoms with Crippen LogP contribution < -0.4 is 0 Å². The van der Waals surface area contributed by atoms with Crippen molar-refractivity contribution in [1.29, 1.82) is 0 Å². The van der Waals surface area contributed by atoms with Crippen LogP contribution in [0.4, 0.5) is 0 Å². The van der Waals surface area contributed by atoms with E-state index in [0.29, 0.717) is 6.42 Å². The molecule has 25 heavy (non-hydrogen) atoms. The molecule has 2 rings (SSSR count). The van der Waals surface area contributed by atoms with Crippen molar-refractivity contribution < 1.29 is 29.3 Å². The number of hydrogen-bond donors (Lipinski definition) is 2. The highest BCUT2D eigenvalue weighted by Gasteiger charge is 2.42. The van der Waals surface area contributed by atoms with Crippen LogP contribution in [0.25, 0.3) is 0 Å². The normalized spacial score (nSPS) is 12.3. The van der Waals surface area contributed by atoms with E-state index in [9.17, 15) is 19.8 Å². The number of ether oxygens (including phenoxy) is 2. The van der Waals surface area contributed by atoms with Gasteiger partial charge in [-0.3, -0.25) is 0 Å². The number of esters is 2. The number of benzene rings is 2. The smallest absolute Gasteiger partial charge is 0.363 e. The van der Waals surface area contributed by atoms with E-state index in [1.807, 2.05) is 0 Å². The molecule has 1 atom stereocenters. The Kier molecular flexibility index (Phi) is 6.27. The van der Waals surface area contributed by atoms with Gasteiger partial charge >= 0.3 is 17.9 Å². The summed E-state index contributed by atoms with van der Waals surface area (Å²) in [6.45, 7) is 1.78. The predicted octanol–water partition coefficient (Wildman–Crippen LogP) is 2.51. The summed E-state index contributed by atoms with van der Waals surface area (Å²) in [4.78, 5) is 24.2. The molecule has 0 radical (unpaired) electrons. The van der Waals surface area contributed by atoms with Crippen LogP contribution in [0.15, 0.2) is 60.7 Å². The van der Waals surface area contributed by atoms with Crippen LogP contribution in [-0.4, -0.2) is 34.2 Å². The molecule has 6 heteroatoms. The van der Waals surface area contributed by atoms with Crippen LogP contribution in [0, 0.1) is 0 Å². The summed E-state index contributed by atoms with van der Waals surface area (Å²) < 4.78 is 9.93. The summed E-state index contributed by atoms with van der Waals surface area (Å²) in [5, 5.41) is 20.3. The molecular weight excluding hydrogens is 324 g/mol. The van der Waals surface area contributed by atoms with Gasteiger partial charge in [-0.2, -0.15) is 0 Å². The average Bonchev–Trinajstić information content (AvgIpc) is 2.62. The van der Waals surface area contributed by atoms with E-state index < -0.39 is 24.0 Å². The zero-order valence-corrected chi connectivity index (χ0v) is 13.8. The molecule has 0 amide bonds. The van der Waals surface area contributed by atoms with Gasteiger partial charge in [-0.25, -0.2) is 9.59 Å². The molecule has 0 saturated heterocycles. The van der Waals surface area contributed by atoms with Crippen molar-refractivity contribution in [2.24, 2.45) is 0 Å². The zero-order valence-electron chi connectivity index (χ0n) is 13.8. The molecule has 1 unspecified atom stereocenters. The lowest BCUT2D eigenvalue weighted by Gasteiger charge is -2.29. The number of aliphatic hydroxyl groups is 2. The molecule has 132 valence electrons. The van der Waals surface area contributed by atoms with Gasteiger partial charge in [0.1, 0.15) is 0 Å². The number of carbonyl (C=O) groups is 2. The van der Waals surface area contributed by atoms with E-state index in [2.05, 4.69) is 0 Å². The molecule has 0 spiro atoms. The van der Waals surface area contributed by atoms with E-state index in [4.69, 9.17) is 9.47 Å². The van der Waals surface area contributed by atoms with Gasteiger partial charge in [-0.05, 0) is 30.7 Å². The van der Waals surface area contributed by atoms with Gasteiger partial charge in [0.25, 0.3) is 0 Å². The molecule has 2 aromatic carbocycles. The molecule has 0 fully saturated rings. The van der Waals surface area contributed by atoms with E-state index >= 15 is 0 Å². The van der Waals surface area contributed by atoms with Gasteiger partial charge < -0.3 is 19.7 Å². The number of rotatable bonds is 7. The summed E-state index contributed by atoms with van der Waals surface area (Å²) in [5.74, 6) is -4.60. The van der Waals surface area contributed by atoms with E-state index in [1.165, 1.54) is 24.3 Å². The first-order valence-corrected chi connectivity index (χ1v) is 7.93. The maximum atomic E-state index is 12.1. The lowest BCUT2D eigenvalue weighted by atomic mass is 10.1. The fraction of sp³-hybridized carbons (Fsp3) is 0.263. The predicted molar refractivity (Wildman–Crippen MR) is 89.6 cm³/mol. The number of carbonyl (C=O) groups excluding carboxylic acids is 2. The highest BCUT2D eigenvalue weighted by Crippen LogP contribution is 2.21. The SMILES string of the molecule is CCCC(OC(=O)c1ccccc1)C(O)(O)OC(=O)c1ccccc1. The number of hydrogen-bond acceptors (Lipinski definition) is 6. The van der Waals surface area contributed by atoms with Gasteiger partial charge in [-0.1, -0.05) is 49.7 Å². The maximum absolute atomic E-state index is 12.1. The molecule has 6 nitrogen and oxygen atoms in total. The van der Waals surface area contributed by atoms with Crippen molar-refractivity contribution in [1.82, 2.24) is 0 Å². The summed E-state index contributed by atoms with van der Waals surface area (Å²) in [7, 11) is 0. The molecule has 0 saturated carbocycles. The van der Waals surface area contributed by atoms with Gasteiger partial charge in [0.15, 0.2) is 6.10 Å². The fourth-order valence-electron chi connectivity index (χ4n) is 2.19. The van der Waals surface area contributed by atoms with E-state index in [-0.39, 0.29) is 17.5 Å². The van der Waals surface area contributed by atoms with Crippen molar-refractivity contribution in [3.05, 3.63) is 71.8 Å². The maximum Gasteiger partial charge on any atom is 0.363 e. The molecule has 0 heterocycles. The Labute approximate surface area is 145 Å². The van der Waals surface area contributed by atoms with Crippen LogP contribution >= 0.6 is 0 Å². The first-order valence-electron chi connectivity index (χ1n) is 7.93. The molecular formula is C19H20O6. The second-order valence-electron chi connectivity index (χ2n) is 5.46. The first-order chi connectivity index (χ1) is 11.9. The third-order valence-electron chi connectivity index (χ3n) is 3.48. The van der Waals surface area contributed by atoms with Gasteiger partial charge in [0.05, 0.1) is 11.1 Å². The minimum absolute atomic E-state index is 0.105. The van der Waals surface area contributed by atoms with E-state index in [0.717, 1.165) is 0 Å². The first kappa shape index (κ1) is 18.6. The quantitative estimate of drug-likeness (QED) is 0.592. The lowest BCUT2D eigenvalue weighted by molar-refractivity contribution is -0.349. The Hall–Kier alpha value is -2.70. The highest BCUT2D eigenvalue weighted by atomic mass is 16.8. The van der Waals surface area contributed by atoms with Crippen LogP contribution in [0.1, 0.15) is 40.5 Å². The third-order valence-corrected chi connectivity index (χ3v) is 3.48. The summed E-state index contributed by atoms with van der Waals surface area (Å²) >= 11 is 0. The molecule has 2 aromatic rings. The van der Waals surface area contributed by atoms with Crippen molar-refractivity contribution >= 4 is 11.9 Å². The lowest BCUT2D eigenvalue weighted by Crippen LogP contribution is -2.48. The van der Waals surface area contributed by atoms with Crippen molar-refractivity contribution in [3.63, 3.8) is 0 Å². The minimum atomic E-state index is -2.94. The molecule has 0 bridgehead atoms. The van der Waals surface area contributed by atoms with Gasteiger partial charge in [0.2, 0.25) is 0 Å². The third kappa shape index (κ3) is 5.14. The molecule has 0 aliphatic carbocycles. The Balaban J connectivity index is 2.11. The van der Waals surface area contributed by atoms with Crippen molar-refractivity contribution in [2.45, 2.75) is 31.8 Å². The molecule has 0 aliphatic rings. The topological polar surface area (TPSA) is 93.1 Å².